The first kappa shape index (κ1) is 22.6. The third kappa shape index (κ3) is 6.46. The molecular weight excluding hydrogens is 390 g/mol. The van der Waals surface area contributed by atoms with E-state index < -0.39 is 5.97 Å². The highest BCUT2D eigenvalue weighted by Gasteiger charge is 2.14. The summed E-state index contributed by atoms with van der Waals surface area (Å²) >= 11 is 0. The van der Waals surface area contributed by atoms with Crippen LogP contribution in [0.2, 0.25) is 0 Å². The van der Waals surface area contributed by atoms with Gasteiger partial charge in [-0.3, -0.25) is 0 Å². The molecule has 1 aliphatic heterocycles. The number of benzene rings is 2. The largest absolute Gasteiger partial charge is 0.491 e. The van der Waals surface area contributed by atoms with E-state index in [0.29, 0.717) is 18.8 Å². The van der Waals surface area contributed by atoms with E-state index in [4.69, 9.17) is 9.47 Å². The molecule has 0 bridgehead atoms. The fourth-order valence-electron chi connectivity index (χ4n) is 3.42. The Morgan fingerprint density at radius 1 is 1.03 bits per heavy atom. The Balaban J connectivity index is 1.73. The van der Waals surface area contributed by atoms with Crippen molar-refractivity contribution in [3.8, 4) is 16.9 Å². The first-order chi connectivity index (χ1) is 15.1. The van der Waals surface area contributed by atoms with Crippen LogP contribution in [-0.2, 0) is 9.53 Å². The van der Waals surface area contributed by atoms with Gasteiger partial charge in [0.15, 0.2) is 0 Å². The quantitative estimate of drug-likeness (QED) is 0.298. The summed E-state index contributed by atoms with van der Waals surface area (Å²) in [5.74, 6) is -0.0967. The van der Waals surface area contributed by atoms with Crippen LogP contribution in [0.1, 0.15) is 32.3 Å². The Hall–Kier alpha value is -3.05. The third-order valence-corrected chi connectivity index (χ3v) is 5.22. The topological polar surface area (TPSA) is 59.0 Å². The number of unbranched alkanes of at least 4 members (excludes halogenated alkanes) is 1. The average molecular weight is 422 g/mol. The molecule has 0 fully saturated rings. The number of carboxylic acids is 1. The van der Waals surface area contributed by atoms with Crippen LogP contribution in [0.3, 0.4) is 0 Å². The minimum atomic E-state index is -0.906. The predicted molar refractivity (Wildman–Crippen MR) is 126 cm³/mol. The summed E-state index contributed by atoms with van der Waals surface area (Å²) in [6.45, 7) is 7.34. The van der Waals surface area contributed by atoms with Crippen LogP contribution in [0.25, 0.3) is 17.2 Å². The molecular formula is C26H31NO4. The van der Waals surface area contributed by atoms with E-state index in [0.717, 1.165) is 60.7 Å². The standard InChI is InChI=1S/C26H31NO4/c1-3-4-15-30-16-17-31-24-10-7-21(8-11-24)22-9-12-25(27-13-5-6-14-27)23(19-22)18-20(2)26(28)29/h5-12,18-19H,3-4,13-17H2,1-2H3,(H,28,29)/b20-18+. The highest BCUT2D eigenvalue weighted by molar-refractivity contribution is 5.93. The van der Waals surface area contributed by atoms with E-state index in [2.05, 4.69) is 42.2 Å². The number of ether oxygens (including phenoxy) is 2. The molecule has 164 valence electrons. The van der Waals surface area contributed by atoms with Crippen LogP contribution in [0.4, 0.5) is 5.69 Å². The van der Waals surface area contributed by atoms with Crippen molar-refractivity contribution in [2.45, 2.75) is 26.7 Å². The lowest BCUT2D eigenvalue weighted by molar-refractivity contribution is -0.132. The van der Waals surface area contributed by atoms with E-state index in [1.54, 1.807) is 13.0 Å². The summed E-state index contributed by atoms with van der Waals surface area (Å²) in [6, 6.07) is 14.2. The molecule has 0 atom stereocenters. The van der Waals surface area contributed by atoms with Crippen LogP contribution in [0, 0.1) is 0 Å². The molecule has 0 spiro atoms. The van der Waals surface area contributed by atoms with Crippen molar-refractivity contribution in [2.75, 3.05) is 37.8 Å². The van der Waals surface area contributed by atoms with Crippen LogP contribution >= 0.6 is 0 Å². The maximum Gasteiger partial charge on any atom is 0.331 e. The van der Waals surface area contributed by atoms with Crippen molar-refractivity contribution in [2.24, 2.45) is 0 Å². The molecule has 31 heavy (non-hydrogen) atoms. The highest BCUT2D eigenvalue weighted by Crippen LogP contribution is 2.31. The lowest BCUT2D eigenvalue weighted by atomic mass is 10.00. The monoisotopic (exact) mass is 421 g/mol. The Morgan fingerprint density at radius 2 is 1.74 bits per heavy atom. The summed E-state index contributed by atoms with van der Waals surface area (Å²) in [7, 11) is 0. The zero-order chi connectivity index (χ0) is 22.1. The van der Waals surface area contributed by atoms with Gasteiger partial charge in [-0.25, -0.2) is 4.79 Å². The van der Waals surface area contributed by atoms with Crippen molar-refractivity contribution < 1.29 is 19.4 Å². The molecule has 0 saturated carbocycles. The fourth-order valence-corrected chi connectivity index (χ4v) is 3.42. The van der Waals surface area contributed by atoms with Gasteiger partial charge in [0.05, 0.1) is 6.61 Å². The molecule has 1 heterocycles. The molecule has 0 unspecified atom stereocenters. The Morgan fingerprint density at radius 3 is 2.42 bits per heavy atom. The molecule has 2 aromatic rings. The SMILES string of the molecule is CCCCOCCOc1ccc(-c2ccc(N3CC=CC3)c(/C=C(\C)C(=O)O)c2)cc1. The number of nitrogens with zero attached hydrogens (tertiary/aromatic N) is 1. The van der Waals surface area contributed by atoms with Gasteiger partial charge >= 0.3 is 5.97 Å². The molecule has 0 radical (unpaired) electrons. The lowest BCUT2D eigenvalue weighted by Crippen LogP contribution is -2.19. The van der Waals surface area contributed by atoms with Gasteiger partial charge in [0, 0.05) is 31.0 Å². The smallest absolute Gasteiger partial charge is 0.331 e. The molecule has 1 aliphatic rings. The molecule has 2 aromatic carbocycles. The summed E-state index contributed by atoms with van der Waals surface area (Å²) in [5.41, 5.74) is 4.36. The zero-order valence-electron chi connectivity index (χ0n) is 18.3. The van der Waals surface area contributed by atoms with E-state index in [-0.39, 0.29) is 0 Å². The molecule has 0 amide bonds. The van der Waals surface area contributed by atoms with E-state index in [9.17, 15) is 9.90 Å². The molecule has 5 heteroatoms. The van der Waals surface area contributed by atoms with Gasteiger partial charge in [0.1, 0.15) is 12.4 Å². The number of hydrogen-bond acceptors (Lipinski definition) is 4. The normalized spacial score (nSPS) is 13.6. The van der Waals surface area contributed by atoms with Gasteiger partial charge < -0.3 is 19.5 Å². The minimum absolute atomic E-state index is 0.315. The van der Waals surface area contributed by atoms with Crippen molar-refractivity contribution in [3.63, 3.8) is 0 Å². The maximum atomic E-state index is 11.4. The Bertz CT molecular complexity index is 923. The molecule has 0 aromatic heterocycles. The van der Waals surface area contributed by atoms with Gasteiger partial charge in [-0.05, 0) is 60.4 Å². The molecule has 0 aliphatic carbocycles. The molecule has 5 nitrogen and oxygen atoms in total. The molecule has 0 saturated heterocycles. The first-order valence-corrected chi connectivity index (χ1v) is 10.8. The van der Waals surface area contributed by atoms with E-state index >= 15 is 0 Å². The third-order valence-electron chi connectivity index (χ3n) is 5.22. The van der Waals surface area contributed by atoms with Crippen LogP contribution in [-0.4, -0.2) is 44.0 Å². The van der Waals surface area contributed by atoms with Gasteiger partial charge in [0.25, 0.3) is 0 Å². The van der Waals surface area contributed by atoms with E-state index in [1.807, 2.05) is 24.3 Å². The van der Waals surface area contributed by atoms with Crippen LogP contribution in [0.15, 0.2) is 60.2 Å². The van der Waals surface area contributed by atoms with Crippen molar-refractivity contribution in [1.82, 2.24) is 0 Å². The lowest BCUT2D eigenvalue weighted by Gasteiger charge is -2.21. The fraction of sp³-hybridized carbons (Fsp3) is 0.346. The van der Waals surface area contributed by atoms with Crippen molar-refractivity contribution in [1.29, 1.82) is 0 Å². The number of carbonyl (C=O) groups is 1. The van der Waals surface area contributed by atoms with Crippen molar-refractivity contribution in [3.05, 3.63) is 65.8 Å². The van der Waals surface area contributed by atoms with Gasteiger partial charge in [-0.1, -0.05) is 43.7 Å². The number of aliphatic carboxylic acids is 1. The number of rotatable bonds is 11. The van der Waals surface area contributed by atoms with Crippen molar-refractivity contribution >= 4 is 17.7 Å². The number of carboxylic acid groups (broad SMARTS) is 1. The van der Waals surface area contributed by atoms with Crippen LogP contribution in [0.5, 0.6) is 5.75 Å². The second-order valence-corrected chi connectivity index (χ2v) is 7.62. The average Bonchev–Trinajstić information content (AvgIpc) is 3.31. The zero-order valence-corrected chi connectivity index (χ0v) is 18.3. The predicted octanol–water partition coefficient (Wildman–Crippen LogP) is 5.41. The number of hydrogen-bond donors (Lipinski definition) is 1. The Kier molecular flexibility index (Phi) is 8.30. The first-order valence-electron chi connectivity index (χ1n) is 10.8. The maximum absolute atomic E-state index is 11.4. The summed E-state index contributed by atoms with van der Waals surface area (Å²) in [4.78, 5) is 13.6. The second-order valence-electron chi connectivity index (χ2n) is 7.62. The summed E-state index contributed by atoms with van der Waals surface area (Å²) in [6.07, 6.45) is 8.20. The summed E-state index contributed by atoms with van der Waals surface area (Å²) in [5, 5.41) is 9.33. The highest BCUT2D eigenvalue weighted by atomic mass is 16.5. The molecule has 1 N–H and O–H groups in total. The number of anilines is 1. The Labute approximate surface area is 184 Å². The second kappa shape index (κ2) is 11.4. The van der Waals surface area contributed by atoms with Crippen LogP contribution < -0.4 is 9.64 Å². The van der Waals surface area contributed by atoms with Gasteiger partial charge in [-0.2, -0.15) is 0 Å². The van der Waals surface area contributed by atoms with Gasteiger partial charge in [0.2, 0.25) is 0 Å². The minimum Gasteiger partial charge on any atom is -0.491 e. The summed E-state index contributed by atoms with van der Waals surface area (Å²) < 4.78 is 11.3. The molecule has 3 rings (SSSR count). The van der Waals surface area contributed by atoms with Gasteiger partial charge in [-0.15, -0.1) is 0 Å². The van der Waals surface area contributed by atoms with E-state index in [1.165, 1.54) is 0 Å².